The van der Waals surface area contributed by atoms with Crippen molar-refractivity contribution in [3.05, 3.63) is 36.4 Å². The third-order valence-corrected chi connectivity index (χ3v) is 3.06. The first-order chi connectivity index (χ1) is 10.2. The molecular formula is C15H13ClFN5. The summed E-state index contributed by atoms with van der Waals surface area (Å²) < 4.78 is 15.3. The largest absolute Gasteiger partial charge is 0.382 e. The standard InChI is InChI=1S/C15H12FN5.ClH/c1-2-3-7-21-14(10-5-4-6-11(16)8-10)20-12-13(17)18-9-19-15(12)21;/h4-6,8-9H,7H2,1H3,(H2,17,18,19);1H. The highest BCUT2D eigenvalue weighted by Crippen LogP contribution is 2.25. The van der Waals surface area contributed by atoms with Crippen molar-refractivity contribution >= 4 is 29.4 Å². The van der Waals surface area contributed by atoms with Gasteiger partial charge in [-0.2, -0.15) is 0 Å². The minimum atomic E-state index is -0.327. The molecule has 0 radical (unpaired) electrons. The Morgan fingerprint density at radius 1 is 1.32 bits per heavy atom. The molecule has 0 bridgehead atoms. The molecule has 22 heavy (non-hydrogen) atoms. The topological polar surface area (TPSA) is 69.6 Å². The molecule has 5 nitrogen and oxygen atoms in total. The lowest BCUT2D eigenvalue weighted by Crippen LogP contribution is -2.01. The molecule has 0 unspecified atom stereocenters. The van der Waals surface area contributed by atoms with Crippen LogP contribution in [0.1, 0.15) is 6.92 Å². The van der Waals surface area contributed by atoms with Crippen LogP contribution in [0.25, 0.3) is 22.6 Å². The predicted molar refractivity (Wildman–Crippen MR) is 85.8 cm³/mol. The van der Waals surface area contributed by atoms with Gasteiger partial charge in [0.25, 0.3) is 0 Å². The SMILES string of the molecule is CC#CCn1c(-c2cccc(F)c2)nc2c(N)ncnc21.Cl. The lowest BCUT2D eigenvalue weighted by Gasteiger charge is -2.04. The maximum absolute atomic E-state index is 13.5. The van der Waals surface area contributed by atoms with Gasteiger partial charge in [0.15, 0.2) is 17.0 Å². The van der Waals surface area contributed by atoms with Crippen LogP contribution in [-0.2, 0) is 6.54 Å². The fourth-order valence-electron chi connectivity index (χ4n) is 2.11. The van der Waals surface area contributed by atoms with Crippen LogP contribution in [0.4, 0.5) is 10.2 Å². The number of anilines is 1. The maximum Gasteiger partial charge on any atom is 0.166 e. The Balaban J connectivity index is 0.00000176. The highest BCUT2D eigenvalue weighted by molar-refractivity contribution is 5.85. The number of halogens is 2. The molecule has 0 aliphatic heterocycles. The molecule has 0 spiro atoms. The van der Waals surface area contributed by atoms with Crippen LogP contribution in [0.5, 0.6) is 0 Å². The zero-order valence-corrected chi connectivity index (χ0v) is 12.6. The van der Waals surface area contributed by atoms with Crippen LogP contribution in [-0.4, -0.2) is 19.5 Å². The van der Waals surface area contributed by atoms with E-state index in [0.29, 0.717) is 34.9 Å². The molecule has 3 aromatic rings. The number of fused-ring (bicyclic) bond motifs is 1. The van der Waals surface area contributed by atoms with Gasteiger partial charge in [0.2, 0.25) is 0 Å². The Morgan fingerprint density at radius 3 is 2.86 bits per heavy atom. The predicted octanol–water partition coefficient (Wildman–Crippen LogP) is 2.66. The van der Waals surface area contributed by atoms with E-state index in [9.17, 15) is 4.39 Å². The molecule has 2 N–H and O–H groups in total. The minimum Gasteiger partial charge on any atom is -0.382 e. The van der Waals surface area contributed by atoms with Crippen LogP contribution < -0.4 is 5.73 Å². The molecule has 0 atom stereocenters. The van der Waals surface area contributed by atoms with Crippen molar-refractivity contribution < 1.29 is 4.39 Å². The van der Waals surface area contributed by atoms with E-state index < -0.39 is 0 Å². The Labute approximate surface area is 132 Å². The first kappa shape index (κ1) is 15.7. The molecule has 0 saturated heterocycles. The van der Waals surface area contributed by atoms with Crippen molar-refractivity contribution in [3.8, 4) is 23.2 Å². The molecule has 0 saturated carbocycles. The summed E-state index contributed by atoms with van der Waals surface area (Å²) in [7, 11) is 0. The number of nitrogens with two attached hydrogens (primary N) is 1. The van der Waals surface area contributed by atoms with Crippen molar-refractivity contribution in [2.75, 3.05) is 5.73 Å². The Kier molecular flexibility index (Phi) is 4.59. The summed E-state index contributed by atoms with van der Waals surface area (Å²) in [4.78, 5) is 12.6. The van der Waals surface area contributed by atoms with Gasteiger partial charge < -0.3 is 5.73 Å². The molecular weight excluding hydrogens is 305 g/mol. The highest BCUT2D eigenvalue weighted by Gasteiger charge is 2.15. The number of nitrogens with zero attached hydrogens (tertiary/aromatic N) is 4. The average Bonchev–Trinajstić information content (AvgIpc) is 2.85. The average molecular weight is 318 g/mol. The fraction of sp³-hybridized carbons (Fsp3) is 0.133. The van der Waals surface area contributed by atoms with Gasteiger partial charge in [0, 0.05) is 5.56 Å². The van der Waals surface area contributed by atoms with Gasteiger partial charge in [-0.1, -0.05) is 18.1 Å². The Morgan fingerprint density at radius 2 is 2.14 bits per heavy atom. The van der Waals surface area contributed by atoms with Crippen LogP contribution >= 0.6 is 12.4 Å². The van der Waals surface area contributed by atoms with E-state index in [0.717, 1.165) is 0 Å². The summed E-state index contributed by atoms with van der Waals surface area (Å²) in [5.74, 6) is 6.33. The lowest BCUT2D eigenvalue weighted by atomic mass is 10.2. The van der Waals surface area contributed by atoms with E-state index in [1.165, 1.54) is 18.5 Å². The number of rotatable bonds is 2. The molecule has 3 rings (SSSR count). The van der Waals surface area contributed by atoms with Gasteiger partial charge in [-0.15, -0.1) is 18.3 Å². The zero-order chi connectivity index (χ0) is 14.8. The monoisotopic (exact) mass is 317 g/mol. The maximum atomic E-state index is 13.5. The van der Waals surface area contributed by atoms with Crippen LogP contribution in [0.15, 0.2) is 30.6 Å². The number of aromatic nitrogens is 4. The van der Waals surface area contributed by atoms with Gasteiger partial charge in [0.1, 0.15) is 18.0 Å². The third-order valence-electron chi connectivity index (χ3n) is 3.06. The van der Waals surface area contributed by atoms with E-state index in [-0.39, 0.29) is 18.2 Å². The quantitative estimate of drug-likeness (QED) is 0.738. The van der Waals surface area contributed by atoms with E-state index in [1.807, 2.05) is 0 Å². The van der Waals surface area contributed by atoms with Gasteiger partial charge in [-0.3, -0.25) is 4.57 Å². The number of hydrogen-bond donors (Lipinski definition) is 1. The normalized spacial score (nSPS) is 9.91. The van der Waals surface area contributed by atoms with E-state index in [4.69, 9.17) is 5.73 Å². The van der Waals surface area contributed by atoms with Crippen molar-refractivity contribution in [2.24, 2.45) is 0 Å². The second-order valence-corrected chi connectivity index (χ2v) is 4.39. The molecule has 0 fully saturated rings. The van der Waals surface area contributed by atoms with Crippen LogP contribution in [0, 0.1) is 17.7 Å². The van der Waals surface area contributed by atoms with E-state index >= 15 is 0 Å². The van der Waals surface area contributed by atoms with Gasteiger partial charge >= 0.3 is 0 Å². The third kappa shape index (κ3) is 2.71. The summed E-state index contributed by atoms with van der Waals surface area (Å²) in [5, 5.41) is 0. The number of imidazole rings is 1. The van der Waals surface area contributed by atoms with Gasteiger partial charge in [-0.05, 0) is 19.1 Å². The summed E-state index contributed by atoms with van der Waals surface area (Å²) in [6, 6.07) is 6.22. The lowest BCUT2D eigenvalue weighted by molar-refractivity contribution is 0.628. The second-order valence-electron chi connectivity index (χ2n) is 4.39. The molecule has 0 aliphatic rings. The molecule has 112 valence electrons. The summed E-state index contributed by atoms with van der Waals surface area (Å²) >= 11 is 0. The Bertz CT molecular complexity index is 879. The van der Waals surface area contributed by atoms with Crippen molar-refractivity contribution in [1.82, 2.24) is 19.5 Å². The molecule has 7 heteroatoms. The smallest absolute Gasteiger partial charge is 0.166 e. The van der Waals surface area contributed by atoms with E-state index in [1.54, 1.807) is 23.6 Å². The first-order valence-electron chi connectivity index (χ1n) is 6.33. The highest BCUT2D eigenvalue weighted by atomic mass is 35.5. The van der Waals surface area contributed by atoms with Crippen molar-refractivity contribution in [1.29, 1.82) is 0 Å². The van der Waals surface area contributed by atoms with Crippen LogP contribution in [0.2, 0.25) is 0 Å². The van der Waals surface area contributed by atoms with Crippen LogP contribution in [0.3, 0.4) is 0 Å². The number of hydrogen-bond acceptors (Lipinski definition) is 4. The van der Waals surface area contributed by atoms with Crippen molar-refractivity contribution in [3.63, 3.8) is 0 Å². The van der Waals surface area contributed by atoms with Crippen molar-refractivity contribution in [2.45, 2.75) is 13.5 Å². The summed E-state index contributed by atoms with van der Waals surface area (Å²) in [5.41, 5.74) is 7.56. The first-order valence-corrected chi connectivity index (χ1v) is 6.33. The minimum absolute atomic E-state index is 0. The molecule has 0 aliphatic carbocycles. The molecule has 0 amide bonds. The molecule has 2 aromatic heterocycles. The molecule has 2 heterocycles. The second kappa shape index (κ2) is 6.41. The van der Waals surface area contributed by atoms with Gasteiger partial charge in [-0.25, -0.2) is 19.3 Å². The zero-order valence-electron chi connectivity index (χ0n) is 11.7. The number of benzene rings is 1. The Hall–Kier alpha value is -2.65. The van der Waals surface area contributed by atoms with E-state index in [2.05, 4.69) is 26.8 Å². The summed E-state index contributed by atoms with van der Waals surface area (Å²) in [6.07, 6.45) is 1.38. The number of nitrogen functional groups attached to an aromatic ring is 1. The molecule has 1 aromatic carbocycles. The van der Waals surface area contributed by atoms with Gasteiger partial charge in [0.05, 0.1) is 6.54 Å². The summed E-state index contributed by atoms with van der Waals surface area (Å²) in [6.45, 7) is 2.15. The fourth-order valence-corrected chi connectivity index (χ4v) is 2.11.